The van der Waals surface area contributed by atoms with Crippen LogP contribution >= 0.6 is 0 Å². The van der Waals surface area contributed by atoms with Crippen LogP contribution < -0.4 is 31.9 Å². The van der Waals surface area contributed by atoms with Crippen LogP contribution in [0.5, 0.6) is 0 Å². The molecule has 10 amide bonds. The van der Waals surface area contributed by atoms with Gasteiger partial charge in [0.05, 0.1) is 71.1 Å². The van der Waals surface area contributed by atoms with E-state index < -0.39 is 5.41 Å². The Morgan fingerprint density at radius 3 is 1.17 bits per heavy atom. The van der Waals surface area contributed by atoms with Crippen molar-refractivity contribution in [2.75, 3.05) is 103 Å². The van der Waals surface area contributed by atoms with Crippen molar-refractivity contribution in [2.24, 2.45) is 40.9 Å². The summed E-state index contributed by atoms with van der Waals surface area (Å²) in [6, 6.07) is 14.6. The third-order valence-electron chi connectivity index (χ3n) is 17.2. The summed E-state index contributed by atoms with van der Waals surface area (Å²) in [6.45, 7) is 15.3. The van der Waals surface area contributed by atoms with Crippen molar-refractivity contribution in [3.05, 3.63) is 59.7 Å². The smallest absolute Gasteiger partial charge is 0.235 e. The van der Waals surface area contributed by atoms with Crippen LogP contribution in [0.3, 0.4) is 0 Å². The lowest BCUT2D eigenvalue weighted by molar-refractivity contribution is -0.143. The lowest BCUT2D eigenvalue weighted by Gasteiger charge is -2.30. The molecular weight excluding hydrogens is 1180 g/mol. The van der Waals surface area contributed by atoms with E-state index in [-0.39, 0.29) is 139 Å². The van der Waals surface area contributed by atoms with Crippen LogP contribution in [-0.4, -0.2) is 173 Å². The molecule has 2 saturated heterocycles. The minimum atomic E-state index is -0.613. The molecule has 6 rings (SSSR count). The number of ketones is 2. The Morgan fingerprint density at radius 2 is 0.815 bits per heavy atom. The minimum absolute atomic E-state index is 0.0123. The number of amides is 10. The zero-order chi connectivity index (χ0) is 67.0. The molecule has 508 valence electrons. The predicted octanol–water partition coefficient (Wildman–Crippen LogP) is 5.42. The number of likely N-dealkylation sites (tertiary alicyclic amines) is 2. The number of benzene rings is 2. The monoisotopic (exact) mass is 1280 g/mol. The zero-order valence-electron chi connectivity index (χ0n) is 54.9. The molecule has 4 aliphatic rings. The standard InChI is InChI=1S/2C34H50N4O8/c1-24(39)14-16-35-29(40)13-8-25-6-11-28(12-7-25)37-30(41)15-18-45-20-21-46-19-17-36-32(43)27-9-4-26(5-10-27)23-38-31(42)22-34(2,3)33(38)44;1-23(39)14-16-35-30(40)13-8-26-6-11-29(12-7-26)37-31(41)15-18-45-20-21-46-19-17-36-32(42)28-9-4-27(5-10-28)22-38-33(43)24(2)25(3)34(38)44/h6-7,11-12,26-27H,4-5,8-10,13-23H2,1-3H3,(H,35,40)(H,36,43)(H,37,41);6-7,11-12,24-25,27-28H,4-5,8-10,13-22H2,1-3H3,(H,35,40)(H,36,42)(H,37,41). The van der Waals surface area contributed by atoms with Gasteiger partial charge in [0.2, 0.25) is 59.1 Å². The molecule has 2 aromatic carbocycles. The number of ether oxygens (including phenoxy) is 4. The molecule has 0 radical (unpaired) electrons. The Balaban J connectivity index is 0.000000334. The molecule has 2 saturated carbocycles. The average Bonchev–Trinajstić information content (AvgIpc) is 1.69. The maximum Gasteiger partial charge on any atom is 0.235 e. The summed E-state index contributed by atoms with van der Waals surface area (Å²) in [7, 11) is 0. The van der Waals surface area contributed by atoms with Crippen molar-refractivity contribution in [2.45, 2.75) is 151 Å². The van der Waals surface area contributed by atoms with E-state index in [0.717, 1.165) is 62.5 Å². The second-order valence-electron chi connectivity index (χ2n) is 25.3. The molecule has 2 atom stereocenters. The van der Waals surface area contributed by atoms with E-state index in [1.54, 1.807) is 24.3 Å². The van der Waals surface area contributed by atoms with Crippen LogP contribution in [0, 0.1) is 40.9 Å². The summed E-state index contributed by atoms with van der Waals surface area (Å²) in [5.41, 5.74) is 2.66. The quantitative estimate of drug-likeness (QED) is 0.0361. The Kier molecular flexibility index (Phi) is 32.8. The van der Waals surface area contributed by atoms with Gasteiger partial charge in [-0.1, -0.05) is 52.0 Å². The van der Waals surface area contributed by atoms with Gasteiger partial charge in [0, 0.05) is 106 Å². The fourth-order valence-electron chi connectivity index (χ4n) is 11.3. The number of aryl methyl sites for hydroxylation is 2. The molecular formula is C68H100N8O16. The predicted molar refractivity (Wildman–Crippen MR) is 343 cm³/mol. The highest BCUT2D eigenvalue weighted by Gasteiger charge is 2.46. The summed E-state index contributed by atoms with van der Waals surface area (Å²) in [5, 5.41) is 16.9. The van der Waals surface area contributed by atoms with E-state index in [2.05, 4.69) is 31.9 Å². The Morgan fingerprint density at radius 1 is 0.446 bits per heavy atom. The van der Waals surface area contributed by atoms with Crippen LogP contribution in [0.1, 0.15) is 149 Å². The topological polar surface area (TPSA) is 320 Å². The summed E-state index contributed by atoms with van der Waals surface area (Å²) in [4.78, 5) is 147. The molecule has 6 N–H and O–H groups in total. The lowest BCUT2D eigenvalue weighted by atomic mass is 9.81. The first-order valence-electron chi connectivity index (χ1n) is 32.9. The van der Waals surface area contributed by atoms with Crippen LogP contribution in [0.4, 0.5) is 11.4 Å². The minimum Gasteiger partial charge on any atom is -0.379 e. The highest BCUT2D eigenvalue weighted by molar-refractivity contribution is 6.06. The van der Waals surface area contributed by atoms with E-state index in [1.807, 2.05) is 52.0 Å². The van der Waals surface area contributed by atoms with Gasteiger partial charge >= 0.3 is 0 Å². The third-order valence-corrected chi connectivity index (χ3v) is 17.2. The molecule has 0 aromatic heterocycles. The van der Waals surface area contributed by atoms with Crippen LogP contribution in [0.25, 0.3) is 0 Å². The molecule has 2 aliphatic carbocycles. The van der Waals surface area contributed by atoms with Crippen molar-refractivity contribution in [1.82, 2.24) is 31.1 Å². The number of hydrogen-bond donors (Lipinski definition) is 6. The van der Waals surface area contributed by atoms with Gasteiger partial charge < -0.3 is 50.8 Å². The number of Topliss-reactive ketones (excluding diaryl/α,β-unsaturated/α-hetero) is 2. The Labute approximate surface area is 541 Å². The number of imide groups is 2. The molecule has 2 aliphatic heterocycles. The second kappa shape index (κ2) is 40.0. The number of nitrogens with zero attached hydrogens (tertiary/aromatic N) is 2. The summed E-state index contributed by atoms with van der Waals surface area (Å²) in [5.74, 6) is -0.893. The highest BCUT2D eigenvalue weighted by atomic mass is 16.5. The van der Waals surface area contributed by atoms with Gasteiger partial charge in [0.1, 0.15) is 11.6 Å². The average molecular weight is 1290 g/mol. The van der Waals surface area contributed by atoms with Crippen LogP contribution in [0.15, 0.2) is 48.5 Å². The summed E-state index contributed by atoms with van der Waals surface area (Å²) >= 11 is 0. The lowest BCUT2D eigenvalue weighted by Crippen LogP contribution is -2.40. The molecule has 24 nitrogen and oxygen atoms in total. The van der Waals surface area contributed by atoms with E-state index in [0.29, 0.717) is 129 Å². The van der Waals surface area contributed by atoms with Gasteiger partial charge in [-0.05, 0) is 125 Å². The van der Waals surface area contributed by atoms with Gasteiger partial charge in [0.15, 0.2) is 0 Å². The van der Waals surface area contributed by atoms with Crippen molar-refractivity contribution in [3.8, 4) is 0 Å². The molecule has 2 aromatic rings. The maximum atomic E-state index is 12.6. The van der Waals surface area contributed by atoms with Gasteiger partial charge in [-0.15, -0.1) is 0 Å². The molecule has 92 heavy (non-hydrogen) atoms. The van der Waals surface area contributed by atoms with Crippen LogP contribution in [-0.2, 0) is 89.3 Å². The van der Waals surface area contributed by atoms with E-state index >= 15 is 0 Å². The summed E-state index contributed by atoms with van der Waals surface area (Å²) < 4.78 is 22.0. The van der Waals surface area contributed by atoms with E-state index in [4.69, 9.17) is 18.9 Å². The molecule has 0 bridgehead atoms. The first kappa shape index (κ1) is 75.4. The molecule has 4 fully saturated rings. The highest BCUT2D eigenvalue weighted by Crippen LogP contribution is 2.36. The SMILES string of the molecule is CC(=O)CCNC(=O)CCc1ccc(NC(=O)CCOCCOCCNC(=O)C2CCC(CN3C(=O)C(C)C(C)C3=O)CC2)cc1.CC(=O)CCNC(=O)CCc1ccc(NC(=O)CCOCCOCCNC(=O)C2CCC(CN3C(=O)CC(C)(C)C3=O)CC2)cc1. The van der Waals surface area contributed by atoms with Crippen molar-refractivity contribution >= 4 is 82.0 Å². The largest absolute Gasteiger partial charge is 0.379 e. The maximum absolute atomic E-state index is 12.6. The molecule has 2 unspecified atom stereocenters. The Bertz CT molecular complexity index is 2610. The first-order valence-corrected chi connectivity index (χ1v) is 32.9. The van der Waals surface area contributed by atoms with Crippen molar-refractivity contribution in [1.29, 1.82) is 0 Å². The van der Waals surface area contributed by atoms with Crippen LogP contribution in [0.2, 0.25) is 0 Å². The van der Waals surface area contributed by atoms with Crippen molar-refractivity contribution < 1.29 is 76.5 Å². The molecule has 0 spiro atoms. The number of rotatable bonds is 38. The van der Waals surface area contributed by atoms with Gasteiger partial charge in [-0.25, -0.2) is 0 Å². The fraction of sp³-hybridized carbons (Fsp3) is 0.647. The van der Waals surface area contributed by atoms with Gasteiger partial charge in [0.25, 0.3) is 0 Å². The van der Waals surface area contributed by atoms with Gasteiger partial charge in [-0.2, -0.15) is 0 Å². The Hall–Kier alpha value is -7.28. The first-order chi connectivity index (χ1) is 44.0. The second-order valence-corrected chi connectivity index (χ2v) is 25.3. The zero-order valence-corrected chi connectivity index (χ0v) is 54.9. The third kappa shape index (κ3) is 27.5. The normalized spacial score (nSPS) is 20.2. The van der Waals surface area contributed by atoms with E-state index in [9.17, 15) is 57.5 Å². The number of hydrogen-bond acceptors (Lipinski definition) is 16. The number of anilines is 2. The molecule has 24 heteroatoms. The number of nitrogens with one attached hydrogen (secondary N) is 6. The molecule has 2 heterocycles. The van der Waals surface area contributed by atoms with E-state index in [1.165, 1.54) is 23.6 Å². The number of carbonyl (C=O) groups is 12. The van der Waals surface area contributed by atoms with Gasteiger partial charge in [-0.3, -0.25) is 67.3 Å². The number of carbonyl (C=O) groups excluding carboxylic acids is 12. The van der Waals surface area contributed by atoms with Crippen molar-refractivity contribution in [3.63, 3.8) is 0 Å². The fourth-order valence-corrected chi connectivity index (χ4v) is 11.3. The summed E-state index contributed by atoms with van der Waals surface area (Å²) in [6.07, 6.45) is 9.39.